The molecule has 8 atom stereocenters. The van der Waals surface area contributed by atoms with E-state index < -0.39 is 48.9 Å². The van der Waals surface area contributed by atoms with Crippen molar-refractivity contribution in [2.24, 2.45) is 10.8 Å². The molecule has 15 heteroatoms. The lowest BCUT2D eigenvalue weighted by molar-refractivity contribution is -0.290. The molecule has 2 amide bonds. The number of nitrogens with one attached hydrogen (secondary N) is 1. The molecule has 1 aromatic carbocycles. The molecule has 1 aromatic rings. The van der Waals surface area contributed by atoms with Gasteiger partial charge >= 0.3 is 12.1 Å². The van der Waals surface area contributed by atoms with Gasteiger partial charge in [0.15, 0.2) is 6.10 Å². The smallest absolute Gasteiger partial charge is 0.410 e. The van der Waals surface area contributed by atoms with Crippen molar-refractivity contribution in [3.05, 3.63) is 29.3 Å². The molecule has 6 N–H and O–H groups in total. The summed E-state index contributed by atoms with van der Waals surface area (Å²) in [5.41, 5.74) is 0.647. The Morgan fingerprint density at radius 1 is 0.944 bits per heavy atom. The van der Waals surface area contributed by atoms with Gasteiger partial charge in [-0.05, 0) is 80.2 Å². The summed E-state index contributed by atoms with van der Waals surface area (Å²) in [5.74, 6) is -1.44. The van der Waals surface area contributed by atoms with Gasteiger partial charge in [-0.1, -0.05) is 32.9 Å². The van der Waals surface area contributed by atoms with Crippen LogP contribution < -0.4 is 10.1 Å². The monoisotopic (exact) mass is 762 g/mol. The van der Waals surface area contributed by atoms with Gasteiger partial charge in [-0.15, -0.1) is 0 Å². The highest BCUT2D eigenvalue weighted by Gasteiger charge is 2.67. The van der Waals surface area contributed by atoms with Crippen LogP contribution in [0.1, 0.15) is 96.1 Å². The Bertz CT molecular complexity index is 1500. The van der Waals surface area contributed by atoms with E-state index in [2.05, 4.69) is 19.2 Å². The zero-order valence-corrected chi connectivity index (χ0v) is 31.7. The molecule has 2 unspecified atom stereocenters. The summed E-state index contributed by atoms with van der Waals surface area (Å²) in [5, 5.41) is 54.0. The zero-order chi connectivity index (χ0) is 38.9. The van der Waals surface area contributed by atoms with Crippen molar-refractivity contribution in [3.8, 4) is 5.75 Å². The van der Waals surface area contributed by atoms with Crippen LogP contribution in [0.5, 0.6) is 5.75 Å². The van der Waals surface area contributed by atoms with Crippen LogP contribution in [0.4, 0.5) is 4.79 Å². The number of carboxylic acids is 1. The van der Waals surface area contributed by atoms with E-state index in [0.29, 0.717) is 38.0 Å². The summed E-state index contributed by atoms with van der Waals surface area (Å²) < 4.78 is 30.7. The van der Waals surface area contributed by atoms with E-state index in [1.807, 2.05) is 6.07 Å². The number of hydrogen-bond acceptors (Lipinski definition) is 12. The molecule has 2 heterocycles. The lowest BCUT2D eigenvalue weighted by Gasteiger charge is -2.69. The largest absolute Gasteiger partial charge is 0.479 e. The molecule has 4 bridgehead atoms. The number of carbonyl (C=O) groups is 3. The van der Waals surface area contributed by atoms with Gasteiger partial charge < -0.3 is 59.4 Å². The first-order valence-corrected chi connectivity index (χ1v) is 19.4. The fourth-order valence-electron chi connectivity index (χ4n) is 10.6. The molecule has 2 aliphatic heterocycles. The van der Waals surface area contributed by atoms with Gasteiger partial charge in [0.05, 0.1) is 30.5 Å². The highest BCUT2D eigenvalue weighted by Crippen LogP contribution is 2.69. The van der Waals surface area contributed by atoms with Crippen LogP contribution in [-0.2, 0) is 41.6 Å². The summed E-state index contributed by atoms with van der Waals surface area (Å²) in [6.07, 6.45) is -1.63. The molecule has 6 fully saturated rings. The first-order valence-electron chi connectivity index (χ1n) is 19.4. The second-order valence-electron chi connectivity index (χ2n) is 17.1. The summed E-state index contributed by atoms with van der Waals surface area (Å²) >= 11 is 0. The summed E-state index contributed by atoms with van der Waals surface area (Å²) in [6, 6.07) is 5.20. The molecule has 7 rings (SSSR count). The summed E-state index contributed by atoms with van der Waals surface area (Å²) in [6.45, 7) is 7.40. The number of carbonyl (C=O) groups excluding carboxylic acids is 2. The minimum atomic E-state index is -1.89. The van der Waals surface area contributed by atoms with E-state index >= 15 is 0 Å². The summed E-state index contributed by atoms with van der Waals surface area (Å²) in [4.78, 5) is 38.6. The lowest BCUT2D eigenvalue weighted by atomic mass is 9.42. The number of aryl methyl sites for hydroxylation is 1. The normalized spacial score (nSPS) is 37.6. The van der Waals surface area contributed by atoms with Gasteiger partial charge in [0.25, 0.3) is 0 Å². The molecule has 4 saturated carbocycles. The molecular formula is C39H58N2O13. The SMILES string of the molecule is CCC(=O)NCCCCc1ccc(COC(=O)N2CCOC34CC5(C)CC(C)(C3)CC(C5)(C4)O[C@H](CO)CC2)c(O[C@@H]2O[C@H](C(=O)O)[C@@H](O)[C@H](O)[C@H]2O)c1. The Kier molecular flexibility index (Phi) is 12.2. The van der Waals surface area contributed by atoms with Crippen LogP contribution in [-0.4, -0.2) is 129 Å². The molecule has 54 heavy (non-hydrogen) atoms. The Hall–Kier alpha value is -3.05. The second kappa shape index (κ2) is 16.2. The number of carboxylic acid groups (broad SMARTS) is 1. The van der Waals surface area contributed by atoms with Gasteiger partial charge in [-0.2, -0.15) is 0 Å². The minimum Gasteiger partial charge on any atom is -0.479 e. The van der Waals surface area contributed by atoms with Crippen molar-refractivity contribution >= 4 is 18.0 Å². The predicted molar refractivity (Wildman–Crippen MR) is 191 cm³/mol. The van der Waals surface area contributed by atoms with Crippen LogP contribution in [0, 0.1) is 10.8 Å². The van der Waals surface area contributed by atoms with Gasteiger partial charge in [0.1, 0.15) is 30.7 Å². The number of hydrogen-bond donors (Lipinski definition) is 6. The van der Waals surface area contributed by atoms with Crippen LogP contribution in [0.15, 0.2) is 18.2 Å². The average Bonchev–Trinajstić information content (AvgIpc) is 3.11. The highest BCUT2D eigenvalue weighted by atomic mass is 16.7. The van der Waals surface area contributed by atoms with Gasteiger partial charge in [0, 0.05) is 38.0 Å². The molecule has 6 aliphatic rings. The maximum absolute atomic E-state index is 13.7. The van der Waals surface area contributed by atoms with Crippen molar-refractivity contribution in [3.63, 3.8) is 0 Å². The third-order valence-corrected chi connectivity index (χ3v) is 11.9. The van der Waals surface area contributed by atoms with E-state index in [4.69, 9.17) is 23.7 Å². The Morgan fingerprint density at radius 3 is 2.35 bits per heavy atom. The van der Waals surface area contributed by atoms with Crippen LogP contribution in [0.3, 0.4) is 0 Å². The van der Waals surface area contributed by atoms with Crippen molar-refractivity contribution in [2.45, 2.75) is 146 Å². The van der Waals surface area contributed by atoms with Gasteiger partial charge in [-0.3, -0.25) is 4.79 Å². The van der Waals surface area contributed by atoms with E-state index in [1.165, 1.54) is 0 Å². The number of amides is 2. The molecule has 0 radical (unpaired) electrons. The molecule has 2 spiro atoms. The fourth-order valence-corrected chi connectivity index (χ4v) is 10.6. The van der Waals surface area contributed by atoms with E-state index in [9.17, 15) is 39.9 Å². The topological polar surface area (TPSA) is 214 Å². The second-order valence-corrected chi connectivity index (χ2v) is 17.1. The Labute approximate surface area is 316 Å². The molecule has 15 nitrogen and oxygen atoms in total. The van der Waals surface area contributed by atoms with Gasteiger partial charge in [0.2, 0.25) is 12.2 Å². The number of aliphatic hydroxyl groups is 4. The number of ether oxygens (including phenoxy) is 5. The summed E-state index contributed by atoms with van der Waals surface area (Å²) in [7, 11) is 0. The van der Waals surface area contributed by atoms with Crippen molar-refractivity contribution in [1.82, 2.24) is 10.2 Å². The maximum Gasteiger partial charge on any atom is 0.410 e. The lowest BCUT2D eigenvalue weighted by Crippen LogP contribution is -2.67. The quantitative estimate of drug-likeness (QED) is 0.169. The number of rotatable bonds is 12. The highest BCUT2D eigenvalue weighted by molar-refractivity contribution is 5.75. The van der Waals surface area contributed by atoms with Crippen LogP contribution in [0.2, 0.25) is 0 Å². The first kappa shape index (κ1) is 40.6. The van der Waals surface area contributed by atoms with Gasteiger partial charge in [-0.25, -0.2) is 9.59 Å². The number of aliphatic carboxylic acids is 1. The van der Waals surface area contributed by atoms with E-state index in [0.717, 1.165) is 56.9 Å². The third kappa shape index (κ3) is 8.98. The van der Waals surface area contributed by atoms with Crippen LogP contribution in [0.25, 0.3) is 0 Å². The first-order chi connectivity index (χ1) is 25.6. The molecular weight excluding hydrogens is 704 g/mol. The standard InChI is InChI=1S/C39H58N2O13/c1-4-28(43)40-11-6-5-7-24-8-9-25(27(15-24)52-34-31(46)29(44)30(45)32(53-34)33(47)48)17-50-35(49)41-12-10-26(16-42)54-39-21-36(2)18-37(3,22-39)20-38(19-36,23-39)51-14-13-41/h8-9,15,26,29-32,34,42,44-46H,4-7,10-14,16-23H2,1-3H3,(H,40,43)(H,47,48)/t26-,29-,30-,31+,32-,34+,36?,37?,38?,39?/m0/s1. The van der Waals surface area contributed by atoms with Crippen molar-refractivity contribution in [2.75, 3.05) is 32.8 Å². The number of nitrogens with zero attached hydrogens (tertiary/aromatic N) is 1. The average molecular weight is 763 g/mol. The minimum absolute atomic E-state index is 0.0292. The Balaban J connectivity index is 1.15. The molecule has 4 aliphatic carbocycles. The van der Waals surface area contributed by atoms with E-state index in [1.54, 1.807) is 24.0 Å². The molecule has 2 saturated heterocycles. The fraction of sp³-hybridized carbons (Fsp3) is 0.769. The third-order valence-electron chi connectivity index (χ3n) is 11.9. The molecule has 302 valence electrons. The zero-order valence-electron chi connectivity index (χ0n) is 31.7. The maximum atomic E-state index is 13.7. The van der Waals surface area contributed by atoms with E-state index in [-0.39, 0.29) is 60.0 Å². The number of unbranched alkanes of at least 4 members (excludes halogenated alkanes) is 1. The number of benzene rings is 1. The Morgan fingerprint density at radius 2 is 1.67 bits per heavy atom. The predicted octanol–water partition coefficient (Wildman–Crippen LogP) is 2.41. The van der Waals surface area contributed by atoms with Crippen molar-refractivity contribution < 1.29 is 63.6 Å². The van der Waals surface area contributed by atoms with Crippen LogP contribution >= 0.6 is 0 Å². The van der Waals surface area contributed by atoms with Crippen molar-refractivity contribution in [1.29, 1.82) is 0 Å². The number of aliphatic hydroxyl groups excluding tert-OH is 4. The molecule has 0 aromatic heterocycles.